The zero-order chi connectivity index (χ0) is 12.0. The molecule has 0 spiro atoms. The van der Waals surface area contributed by atoms with Crippen molar-refractivity contribution >= 4 is 0 Å². The SMILES string of the molecule is COc1ccccc1C(C)(C)CNCCO. The van der Waals surface area contributed by atoms with Crippen molar-refractivity contribution < 1.29 is 9.84 Å². The fraction of sp³-hybridized carbons (Fsp3) is 0.538. The Hall–Kier alpha value is -1.06. The Bertz CT molecular complexity index is 323. The average molecular weight is 223 g/mol. The maximum Gasteiger partial charge on any atom is 0.122 e. The van der Waals surface area contributed by atoms with Crippen molar-refractivity contribution in [1.29, 1.82) is 0 Å². The largest absolute Gasteiger partial charge is 0.496 e. The molecule has 1 rings (SSSR count). The van der Waals surface area contributed by atoms with E-state index in [1.54, 1.807) is 7.11 Å². The molecule has 16 heavy (non-hydrogen) atoms. The first kappa shape index (κ1) is 13.0. The van der Waals surface area contributed by atoms with Crippen molar-refractivity contribution in [3.8, 4) is 5.75 Å². The molecule has 0 bridgehead atoms. The fourth-order valence-electron chi connectivity index (χ4n) is 1.78. The molecular weight excluding hydrogens is 202 g/mol. The molecule has 0 radical (unpaired) electrons. The molecule has 0 atom stereocenters. The minimum absolute atomic E-state index is 0.0121. The van der Waals surface area contributed by atoms with Gasteiger partial charge in [-0.1, -0.05) is 32.0 Å². The van der Waals surface area contributed by atoms with E-state index in [2.05, 4.69) is 25.2 Å². The Kier molecular flexibility index (Phi) is 4.77. The van der Waals surface area contributed by atoms with Crippen molar-refractivity contribution in [2.45, 2.75) is 19.3 Å². The van der Waals surface area contributed by atoms with Gasteiger partial charge in [-0.3, -0.25) is 0 Å². The molecule has 3 heteroatoms. The molecule has 0 unspecified atom stereocenters. The van der Waals surface area contributed by atoms with Crippen molar-refractivity contribution in [2.24, 2.45) is 0 Å². The lowest BCUT2D eigenvalue weighted by Gasteiger charge is -2.27. The van der Waals surface area contributed by atoms with E-state index in [4.69, 9.17) is 9.84 Å². The van der Waals surface area contributed by atoms with Crippen LogP contribution in [0, 0.1) is 0 Å². The molecule has 1 aromatic rings. The van der Waals surface area contributed by atoms with Crippen molar-refractivity contribution in [2.75, 3.05) is 26.8 Å². The van der Waals surface area contributed by atoms with E-state index >= 15 is 0 Å². The van der Waals surface area contributed by atoms with Crippen LogP contribution in [-0.4, -0.2) is 31.9 Å². The summed E-state index contributed by atoms with van der Waals surface area (Å²) >= 11 is 0. The van der Waals surface area contributed by atoms with Gasteiger partial charge in [-0.2, -0.15) is 0 Å². The molecule has 0 aromatic heterocycles. The molecule has 1 aromatic carbocycles. The van der Waals surface area contributed by atoms with E-state index in [0.717, 1.165) is 12.3 Å². The van der Waals surface area contributed by atoms with Crippen molar-refractivity contribution in [3.63, 3.8) is 0 Å². The van der Waals surface area contributed by atoms with Crippen molar-refractivity contribution in [1.82, 2.24) is 5.32 Å². The third-order valence-corrected chi connectivity index (χ3v) is 2.69. The standard InChI is InChI=1S/C13H21NO2/c1-13(2,10-14-8-9-15)11-6-4-5-7-12(11)16-3/h4-7,14-15H,8-10H2,1-3H3. The van der Waals surface area contributed by atoms with Gasteiger partial charge < -0.3 is 15.2 Å². The fourth-order valence-corrected chi connectivity index (χ4v) is 1.78. The molecule has 2 N–H and O–H groups in total. The van der Waals surface area contributed by atoms with Crippen LogP contribution < -0.4 is 10.1 Å². The highest BCUT2D eigenvalue weighted by Gasteiger charge is 2.23. The van der Waals surface area contributed by atoms with Gasteiger partial charge in [0.15, 0.2) is 0 Å². The Morgan fingerprint density at radius 2 is 2.00 bits per heavy atom. The first-order valence-electron chi connectivity index (χ1n) is 5.57. The Morgan fingerprint density at radius 3 is 2.62 bits per heavy atom. The number of benzene rings is 1. The van der Waals surface area contributed by atoms with E-state index < -0.39 is 0 Å². The highest BCUT2D eigenvalue weighted by atomic mass is 16.5. The van der Waals surface area contributed by atoms with Crippen molar-refractivity contribution in [3.05, 3.63) is 29.8 Å². The predicted molar refractivity (Wildman–Crippen MR) is 66.0 cm³/mol. The summed E-state index contributed by atoms with van der Waals surface area (Å²) in [7, 11) is 1.69. The van der Waals surface area contributed by atoms with Crippen LogP contribution in [0.4, 0.5) is 0 Å². The second kappa shape index (κ2) is 5.87. The highest BCUT2D eigenvalue weighted by Crippen LogP contribution is 2.30. The Labute approximate surface area is 97.4 Å². The number of rotatable bonds is 6. The maximum absolute atomic E-state index is 8.75. The summed E-state index contributed by atoms with van der Waals surface area (Å²) in [6.07, 6.45) is 0. The molecule has 0 fully saturated rings. The number of methoxy groups -OCH3 is 1. The number of para-hydroxylation sites is 1. The molecule has 0 aliphatic heterocycles. The quantitative estimate of drug-likeness (QED) is 0.719. The van der Waals surface area contributed by atoms with Gasteiger partial charge in [0.25, 0.3) is 0 Å². The van der Waals surface area contributed by atoms with Gasteiger partial charge >= 0.3 is 0 Å². The Morgan fingerprint density at radius 1 is 1.31 bits per heavy atom. The Balaban J connectivity index is 2.79. The molecular formula is C13H21NO2. The minimum Gasteiger partial charge on any atom is -0.496 e. The molecule has 0 amide bonds. The first-order valence-corrected chi connectivity index (χ1v) is 5.57. The van der Waals surface area contributed by atoms with Crippen LogP contribution in [0.2, 0.25) is 0 Å². The van der Waals surface area contributed by atoms with Gasteiger partial charge in [0.2, 0.25) is 0 Å². The second-order valence-electron chi connectivity index (χ2n) is 4.48. The molecule has 0 aliphatic rings. The normalized spacial score (nSPS) is 11.5. The van der Waals surface area contributed by atoms with Gasteiger partial charge in [-0.25, -0.2) is 0 Å². The maximum atomic E-state index is 8.75. The van der Waals surface area contributed by atoms with Gasteiger partial charge in [0, 0.05) is 24.1 Å². The summed E-state index contributed by atoms with van der Waals surface area (Å²) in [6, 6.07) is 8.05. The van der Waals surface area contributed by atoms with Crippen LogP contribution in [0.3, 0.4) is 0 Å². The topological polar surface area (TPSA) is 41.5 Å². The van der Waals surface area contributed by atoms with E-state index in [0.29, 0.717) is 6.54 Å². The highest BCUT2D eigenvalue weighted by molar-refractivity contribution is 5.39. The average Bonchev–Trinajstić information content (AvgIpc) is 2.29. The zero-order valence-electron chi connectivity index (χ0n) is 10.3. The summed E-state index contributed by atoms with van der Waals surface area (Å²) in [4.78, 5) is 0. The van der Waals surface area contributed by atoms with E-state index in [1.807, 2.05) is 18.2 Å². The summed E-state index contributed by atoms with van der Waals surface area (Å²) in [5, 5.41) is 12.0. The molecule has 0 aliphatic carbocycles. The summed E-state index contributed by atoms with van der Waals surface area (Å²) in [5.41, 5.74) is 1.17. The van der Waals surface area contributed by atoms with Crippen LogP contribution in [0.25, 0.3) is 0 Å². The van der Waals surface area contributed by atoms with Crippen LogP contribution in [0.15, 0.2) is 24.3 Å². The summed E-state index contributed by atoms with van der Waals surface area (Å²) < 4.78 is 5.36. The first-order chi connectivity index (χ1) is 7.61. The lowest BCUT2D eigenvalue weighted by atomic mass is 9.84. The molecule has 3 nitrogen and oxygen atoms in total. The number of hydrogen-bond donors (Lipinski definition) is 2. The number of aliphatic hydroxyl groups is 1. The number of nitrogens with one attached hydrogen (secondary N) is 1. The van der Waals surface area contributed by atoms with Crippen LogP contribution in [-0.2, 0) is 5.41 Å². The van der Waals surface area contributed by atoms with Crippen LogP contribution in [0.1, 0.15) is 19.4 Å². The number of ether oxygens (including phenoxy) is 1. The van der Waals surface area contributed by atoms with Gasteiger partial charge in [0.05, 0.1) is 13.7 Å². The molecule has 0 saturated heterocycles. The zero-order valence-corrected chi connectivity index (χ0v) is 10.3. The minimum atomic E-state index is -0.0121. The van der Waals surface area contributed by atoms with Gasteiger partial charge in [-0.05, 0) is 6.07 Å². The van der Waals surface area contributed by atoms with Crippen LogP contribution in [0.5, 0.6) is 5.75 Å². The van der Waals surface area contributed by atoms with E-state index in [-0.39, 0.29) is 12.0 Å². The second-order valence-corrected chi connectivity index (χ2v) is 4.48. The lowest BCUT2D eigenvalue weighted by Crippen LogP contribution is -2.34. The third-order valence-electron chi connectivity index (χ3n) is 2.69. The number of hydrogen-bond acceptors (Lipinski definition) is 3. The molecule has 0 saturated carbocycles. The van der Waals surface area contributed by atoms with Gasteiger partial charge in [0.1, 0.15) is 5.75 Å². The molecule has 0 heterocycles. The summed E-state index contributed by atoms with van der Waals surface area (Å²) in [5.74, 6) is 0.915. The van der Waals surface area contributed by atoms with E-state index in [9.17, 15) is 0 Å². The predicted octanol–water partition coefficient (Wildman–Crippen LogP) is 1.55. The smallest absolute Gasteiger partial charge is 0.122 e. The number of aliphatic hydroxyl groups excluding tert-OH is 1. The lowest BCUT2D eigenvalue weighted by molar-refractivity contribution is 0.286. The van der Waals surface area contributed by atoms with Gasteiger partial charge in [-0.15, -0.1) is 0 Å². The summed E-state index contributed by atoms with van der Waals surface area (Å²) in [6.45, 7) is 5.93. The molecule has 90 valence electrons. The van der Waals surface area contributed by atoms with Crippen LogP contribution >= 0.6 is 0 Å². The van der Waals surface area contributed by atoms with E-state index in [1.165, 1.54) is 5.56 Å². The monoisotopic (exact) mass is 223 g/mol. The third kappa shape index (κ3) is 3.22.